The molecule has 1 fully saturated rings. The lowest BCUT2D eigenvalue weighted by Gasteiger charge is -2.38. The monoisotopic (exact) mass is 420 g/mol. The Morgan fingerprint density at radius 1 is 1.23 bits per heavy atom. The van der Waals surface area contributed by atoms with E-state index in [-0.39, 0.29) is 5.97 Å². The maximum atomic E-state index is 11.7. The Kier molecular flexibility index (Phi) is 6.82. The van der Waals surface area contributed by atoms with E-state index in [1.807, 2.05) is 13.0 Å². The Bertz CT molecular complexity index is 1010. The number of benzene rings is 2. The van der Waals surface area contributed by atoms with Crippen molar-refractivity contribution >= 4 is 39.2 Å². The number of fused-ring (bicyclic) bond motifs is 1. The van der Waals surface area contributed by atoms with Gasteiger partial charge in [-0.25, -0.2) is 4.79 Å². The summed E-state index contributed by atoms with van der Waals surface area (Å²) in [5.41, 5.74) is 2.68. The van der Waals surface area contributed by atoms with Crippen LogP contribution in [0, 0.1) is 0 Å². The number of thiophene rings is 1. The zero-order valence-corrected chi connectivity index (χ0v) is 18.2. The third kappa shape index (κ3) is 4.91. The van der Waals surface area contributed by atoms with Crippen LogP contribution in [-0.4, -0.2) is 38.3 Å². The van der Waals surface area contributed by atoms with Crippen molar-refractivity contribution in [1.29, 1.82) is 0 Å². The van der Waals surface area contributed by atoms with Crippen LogP contribution in [0.2, 0.25) is 0 Å². The van der Waals surface area contributed by atoms with Gasteiger partial charge in [-0.05, 0) is 49.6 Å². The molecule has 0 saturated carbocycles. The molecule has 0 aliphatic carbocycles. The topological polar surface area (TPSA) is 41.6 Å². The van der Waals surface area contributed by atoms with Crippen LogP contribution < -0.4 is 10.2 Å². The first-order chi connectivity index (χ1) is 14.7. The van der Waals surface area contributed by atoms with Gasteiger partial charge in [0.25, 0.3) is 0 Å². The van der Waals surface area contributed by atoms with Gasteiger partial charge in [-0.15, -0.1) is 11.3 Å². The number of hydrogen-bond donors (Lipinski definition) is 1. The number of nitrogens with one attached hydrogen (secondary N) is 1. The summed E-state index contributed by atoms with van der Waals surface area (Å²) in [5.74, 6) is -0.293. The van der Waals surface area contributed by atoms with Crippen LogP contribution in [0.1, 0.15) is 23.8 Å². The SMILES string of the molecule is CCOC(=O)C=Cc1cc2c(N3CCNCC3CCc3ccccc3)cccc2s1. The van der Waals surface area contributed by atoms with Crippen molar-refractivity contribution in [1.82, 2.24) is 5.32 Å². The molecule has 1 saturated heterocycles. The number of carbonyl (C=O) groups is 1. The van der Waals surface area contributed by atoms with E-state index in [0.717, 1.165) is 37.4 Å². The maximum absolute atomic E-state index is 11.7. The Balaban J connectivity index is 1.56. The van der Waals surface area contributed by atoms with Crippen molar-refractivity contribution in [3.8, 4) is 0 Å². The molecule has 156 valence electrons. The fraction of sp³-hybridized carbons (Fsp3) is 0.320. The lowest BCUT2D eigenvalue weighted by molar-refractivity contribution is -0.137. The number of ether oxygens (including phenoxy) is 1. The summed E-state index contributed by atoms with van der Waals surface area (Å²) in [7, 11) is 0. The van der Waals surface area contributed by atoms with E-state index >= 15 is 0 Å². The molecule has 1 unspecified atom stereocenters. The quantitative estimate of drug-likeness (QED) is 0.437. The number of carbonyl (C=O) groups excluding carboxylic acids is 1. The zero-order chi connectivity index (χ0) is 20.8. The van der Waals surface area contributed by atoms with Crippen LogP contribution in [0.3, 0.4) is 0 Å². The molecule has 0 amide bonds. The van der Waals surface area contributed by atoms with E-state index < -0.39 is 0 Å². The molecule has 1 aliphatic heterocycles. The van der Waals surface area contributed by atoms with Gasteiger partial charge in [0.2, 0.25) is 0 Å². The number of esters is 1. The second-order valence-corrected chi connectivity index (χ2v) is 8.61. The summed E-state index contributed by atoms with van der Waals surface area (Å²) >= 11 is 1.71. The smallest absolute Gasteiger partial charge is 0.330 e. The van der Waals surface area contributed by atoms with Crippen molar-refractivity contribution in [2.24, 2.45) is 0 Å². The molecule has 3 aromatic rings. The normalized spacial score (nSPS) is 17.0. The summed E-state index contributed by atoms with van der Waals surface area (Å²) in [6.07, 6.45) is 5.57. The van der Waals surface area contributed by atoms with Gasteiger partial charge < -0.3 is 15.0 Å². The molecule has 0 spiro atoms. The summed E-state index contributed by atoms with van der Waals surface area (Å²) in [4.78, 5) is 15.3. The Morgan fingerprint density at radius 3 is 2.93 bits per heavy atom. The highest BCUT2D eigenvalue weighted by Crippen LogP contribution is 2.35. The van der Waals surface area contributed by atoms with Crippen molar-refractivity contribution in [2.75, 3.05) is 31.1 Å². The predicted molar refractivity (Wildman–Crippen MR) is 126 cm³/mol. The lowest BCUT2D eigenvalue weighted by atomic mass is 10.0. The average molecular weight is 421 g/mol. The third-order valence-electron chi connectivity index (χ3n) is 5.50. The van der Waals surface area contributed by atoms with Gasteiger partial charge in [0.1, 0.15) is 0 Å². The lowest BCUT2D eigenvalue weighted by Crippen LogP contribution is -2.51. The molecule has 0 radical (unpaired) electrons. The maximum Gasteiger partial charge on any atom is 0.330 e. The largest absolute Gasteiger partial charge is 0.463 e. The molecule has 30 heavy (non-hydrogen) atoms. The highest BCUT2D eigenvalue weighted by molar-refractivity contribution is 7.20. The molecule has 0 bridgehead atoms. The van der Waals surface area contributed by atoms with Gasteiger partial charge in [0, 0.05) is 52.4 Å². The van der Waals surface area contributed by atoms with Crippen molar-refractivity contribution in [3.05, 3.63) is 71.1 Å². The van der Waals surface area contributed by atoms with Gasteiger partial charge in [0.05, 0.1) is 6.61 Å². The van der Waals surface area contributed by atoms with Gasteiger partial charge in [-0.3, -0.25) is 0 Å². The molecular weight excluding hydrogens is 392 g/mol. The Labute approximate surface area is 182 Å². The molecule has 2 heterocycles. The van der Waals surface area contributed by atoms with Crippen molar-refractivity contribution < 1.29 is 9.53 Å². The van der Waals surface area contributed by atoms with Crippen LogP contribution >= 0.6 is 11.3 Å². The number of anilines is 1. The van der Waals surface area contributed by atoms with E-state index in [1.54, 1.807) is 11.3 Å². The number of aryl methyl sites for hydroxylation is 1. The van der Waals surface area contributed by atoms with Gasteiger partial charge in [0.15, 0.2) is 0 Å². The molecule has 2 aromatic carbocycles. The molecule has 1 aliphatic rings. The Morgan fingerprint density at radius 2 is 2.10 bits per heavy atom. The first kappa shape index (κ1) is 20.6. The van der Waals surface area contributed by atoms with Crippen LogP contribution in [0.5, 0.6) is 0 Å². The molecule has 1 N–H and O–H groups in total. The first-order valence-corrected chi connectivity index (χ1v) is 11.4. The number of nitrogens with zero attached hydrogens (tertiary/aromatic N) is 1. The van der Waals surface area contributed by atoms with E-state index in [4.69, 9.17) is 4.74 Å². The van der Waals surface area contributed by atoms with Crippen LogP contribution in [0.15, 0.2) is 60.7 Å². The summed E-state index contributed by atoms with van der Waals surface area (Å²) < 4.78 is 6.24. The number of hydrogen-bond acceptors (Lipinski definition) is 5. The molecule has 1 atom stereocenters. The first-order valence-electron chi connectivity index (χ1n) is 10.6. The second kappa shape index (κ2) is 9.92. The molecule has 1 aromatic heterocycles. The zero-order valence-electron chi connectivity index (χ0n) is 17.3. The fourth-order valence-electron chi connectivity index (χ4n) is 4.05. The molecule has 4 rings (SSSR count). The number of rotatable bonds is 7. The summed E-state index contributed by atoms with van der Waals surface area (Å²) in [6.45, 7) is 5.22. The standard InChI is InChI=1S/C25H28N2O2S/c1-2-29-25(28)14-13-21-17-22-23(9-6-10-24(22)30-21)27-16-15-26-18-20(27)12-11-19-7-4-3-5-8-19/h3-10,13-14,17,20,26H,2,11-12,15-16,18H2,1H3. The van der Waals surface area contributed by atoms with Crippen LogP contribution in [-0.2, 0) is 16.0 Å². The van der Waals surface area contributed by atoms with E-state index in [9.17, 15) is 4.79 Å². The van der Waals surface area contributed by atoms with Crippen molar-refractivity contribution in [2.45, 2.75) is 25.8 Å². The molecule has 4 nitrogen and oxygen atoms in total. The average Bonchev–Trinajstić information content (AvgIpc) is 3.21. The minimum absolute atomic E-state index is 0.293. The minimum Gasteiger partial charge on any atom is -0.463 e. The highest BCUT2D eigenvalue weighted by Gasteiger charge is 2.24. The highest BCUT2D eigenvalue weighted by atomic mass is 32.1. The van der Waals surface area contributed by atoms with E-state index in [2.05, 4.69) is 64.8 Å². The van der Waals surface area contributed by atoms with Gasteiger partial charge >= 0.3 is 5.97 Å². The minimum atomic E-state index is -0.293. The van der Waals surface area contributed by atoms with Gasteiger partial charge in [-0.2, -0.15) is 0 Å². The van der Waals surface area contributed by atoms with Crippen molar-refractivity contribution in [3.63, 3.8) is 0 Å². The van der Waals surface area contributed by atoms with Crippen LogP contribution in [0.25, 0.3) is 16.2 Å². The third-order valence-corrected chi connectivity index (χ3v) is 6.56. The van der Waals surface area contributed by atoms with Gasteiger partial charge in [-0.1, -0.05) is 36.4 Å². The van der Waals surface area contributed by atoms with E-state index in [0.29, 0.717) is 12.6 Å². The predicted octanol–water partition coefficient (Wildman–Crippen LogP) is 4.89. The van der Waals surface area contributed by atoms with E-state index in [1.165, 1.54) is 27.4 Å². The van der Waals surface area contributed by atoms with Crippen LogP contribution in [0.4, 0.5) is 5.69 Å². The molecular formula is C25H28N2O2S. The summed E-state index contributed by atoms with van der Waals surface area (Å²) in [6, 6.07) is 19.9. The second-order valence-electron chi connectivity index (χ2n) is 7.50. The number of piperazine rings is 1. The Hall–Kier alpha value is -2.63. The fourth-order valence-corrected chi connectivity index (χ4v) is 5.04. The summed E-state index contributed by atoms with van der Waals surface area (Å²) in [5, 5.41) is 4.83. The molecule has 5 heteroatoms.